The summed E-state index contributed by atoms with van der Waals surface area (Å²) in [6.07, 6.45) is 5.83. The summed E-state index contributed by atoms with van der Waals surface area (Å²) in [5.41, 5.74) is 10.2. The average Bonchev–Trinajstić information content (AvgIpc) is 3.64. The molecule has 0 aliphatic carbocycles. The van der Waals surface area contributed by atoms with Crippen molar-refractivity contribution < 1.29 is 4.74 Å². The van der Waals surface area contributed by atoms with Crippen molar-refractivity contribution in [2.75, 3.05) is 6.61 Å². The van der Waals surface area contributed by atoms with E-state index in [1.807, 2.05) is 74.3 Å². The first kappa shape index (κ1) is 32.9. The molecular weight excluding hydrogens is 528 g/mol. The van der Waals surface area contributed by atoms with Crippen molar-refractivity contribution in [2.24, 2.45) is 0 Å². The molecule has 0 N–H and O–H groups in total. The van der Waals surface area contributed by atoms with E-state index in [0.29, 0.717) is 6.61 Å². The molecular formula is C38H46N4O. The van der Waals surface area contributed by atoms with Crippen LogP contribution in [0.15, 0.2) is 97.4 Å². The third-order valence-corrected chi connectivity index (χ3v) is 6.78. The van der Waals surface area contributed by atoms with Crippen molar-refractivity contribution in [3.8, 4) is 11.4 Å². The number of ether oxygens (including phenoxy) is 1. The predicted octanol–water partition coefficient (Wildman–Crippen LogP) is 10.3. The Bertz CT molecular complexity index is 1740. The summed E-state index contributed by atoms with van der Waals surface area (Å²) in [6, 6.07) is 29.2. The number of nitrogens with zero attached hydrogens (tertiary/aromatic N) is 4. The molecule has 6 aromatic rings. The molecule has 0 aliphatic rings. The van der Waals surface area contributed by atoms with Gasteiger partial charge >= 0.3 is 0 Å². The molecule has 0 atom stereocenters. The molecule has 0 amide bonds. The molecule has 0 aliphatic heterocycles. The van der Waals surface area contributed by atoms with Gasteiger partial charge in [0, 0.05) is 17.0 Å². The maximum Gasteiger partial charge on any atom is 0.0936 e. The van der Waals surface area contributed by atoms with Crippen LogP contribution in [0.2, 0.25) is 0 Å². The Labute approximate surface area is 257 Å². The van der Waals surface area contributed by atoms with E-state index in [9.17, 15) is 0 Å². The highest BCUT2D eigenvalue weighted by atomic mass is 16.5. The fourth-order valence-corrected chi connectivity index (χ4v) is 4.60. The van der Waals surface area contributed by atoms with Gasteiger partial charge < -0.3 is 4.74 Å². The lowest BCUT2D eigenvalue weighted by atomic mass is 10.1. The van der Waals surface area contributed by atoms with Crippen LogP contribution in [-0.2, 0) is 4.74 Å². The smallest absolute Gasteiger partial charge is 0.0936 e. The van der Waals surface area contributed by atoms with Crippen molar-refractivity contribution >= 4 is 27.9 Å². The van der Waals surface area contributed by atoms with E-state index >= 15 is 0 Å². The zero-order valence-electron chi connectivity index (χ0n) is 27.2. The number of hydrogen-bond acceptors (Lipinski definition) is 3. The molecule has 0 saturated carbocycles. The Morgan fingerprint density at radius 2 is 1.21 bits per heavy atom. The summed E-state index contributed by atoms with van der Waals surface area (Å²) in [5, 5.41) is 11.7. The molecule has 0 spiro atoms. The number of rotatable bonds is 5. The minimum atomic E-state index is 0.659. The van der Waals surface area contributed by atoms with E-state index in [0.717, 1.165) is 28.1 Å². The van der Waals surface area contributed by atoms with E-state index in [-0.39, 0.29) is 0 Å². The first-order valence-electron chi connectivity index (χ1n) is 15.3. The van der Waals surface area contributed by atoms with Crippen LogP contribution in [0, 0.1) is 27.7 Å². The van der Waals surface area contributed by atoms with Crippen LogP contribution in [0.1, 0.15) is 62.6 Å². The van der Waals surface area contributed by atoms with Gasteiger partial charge in [0.05, 0.1) is 41.0 Å². The van der Waals surface area contributed by atoms with Crippen LogP contribution in [0.5, 0.6) is 0 Å². The van der Waals surface area contributed by atoms with E-state index < -0.39 is 0 Å². The lowest BCUT2D eigenvalue weighted by Gasteiger charge is -2.06. The molecule has 43 heavy (non-hydrogen) atoms. The molecule has 0 unspecified atom stereocenters. The van der Waals surface area contributed by atoms with Gasteiger partial charge in [-0.25, -0.2) is 9.36 Å². The van der Waals surface area contributed by atoms with Crippen molar-refractivity contribution in [3.05, 3.63) is 125 Å². The Hall–Kier alpha value is -4.64. The fraction of sp³-hybridized carbons (Fsp3) is 0.263. The Morgan fingerprint density at radius 1 is 0.651 bits per heavy atom. The van der Waals surface area contributed by atoms with Crippen LogP contribution in [-0.4, -0.2) is 26.2 Å². The molecule has 6 rings (SSSR count). The summed E-state index contributed by atoms with van der Waals surface area (Å²) in [4.78, 5) is 0. The zero-order valence-corrected chi connectivity index (χ0v) is 27.2. The van der Waals surface area contributed by atoms with E-state index in [4.69, 9.17) is 9.84 Å². The average molecular weight is 575 g/mol. The van der Waals surface area contributed by atoms with Crippen molar-refractivity contribution in [2.45, 2.75) is 62.3 Å². The highest BCUT2D eigenvalue weighted by molar-refractivity contribution is 5.90. The molecule has 0 fully saturated rings. The molecule has 5 heteroatoms. The van der Waals surface area contributed by atoms with Gasteiger partial charge in [-0.15, -0.1) is 0 Å². The normalized spacial score (nSPS) is 10.4. The number of benzene rings is 4. The highest BCUT2D eigenvalue weighted by Gasteiger charge is 2.12. The Balaban J connectivity index is 0.000000216. The maximum atomic E-state index is 5.38. The van der Waals surface area contributed by atoms with Gasteiger partial charge in [0.25, 0.3) is 0 Å². The van der Waals surface area contributed by atoms with Gasteiger partial charge in [-0.05, 0) is 88.2 Å². The monoisotopic (exact) mass is 574 g/mol. The number of fused-ring (bicyclic) bond motifs is 2. The SMILES string of the molecule is CC.CC.CCOC=Cc1c2c(C)cccc2nn1-c1ccc(C)cc1.Cc1ccc(-n2cc3c(C)cccc3n2)cc1. The van der Waals surface area contributed by atoms with Crippen LogP contribution in [0.3, 0.4) is 0 Å². The lowest BCUT2D eigenvalue weighted by Crippen LogP contribution is -1.99. The van der Waals surface area contributed by atoms with Crippen molar-refractivity contribution in [1.82, 2.24) is 19.6 Å². The second-order valence-electron chi connectivity index (χ2n) is 9.78. The fourth-order valence-electron chi connectivity index (χ4n) is 4.60. The number of aromatic nitrogens is 4. The zero-order chi connectivity index (χ0) is 31.4. The summed E-state index contributed by atoms with van der Waals surface area (Å²) in [6.45, 7) is 19.0. The van der Waals surface area contributed by atoms with E-state index in [2.05, 4.69) is 99.7 Å². The summed E-state index contributed by atoms with van der Waals surface area (Å²) >= 11 is 0. The molecule has 0 saturated heterocycles. The number of aryl methyl sites for hydroxylation is 4. The predicted molar refractivity (Wildman–Crippen MR) is 184 cm³/mol. The van der Waals surface area contributed by atoms with Gasteiger partial charge in [-0.3, -0.25) is 0 Å². The van der Waals surface area contributed by atoms with Crippen LogP contribution in [0.25, 0.3) is 39.3 Å². The first-order valence-corrected chi connectivity index (χ1v) is 15.3. The third-order valence-electron chi connectivity index (χ3n) is 6.78. The molecule has 4 aromatic carbocycles. The molecule has 2 aromatic heterocycles. The molecule has 0 radical (unpaired) electrons. The summed E-state index contributed by atoms with van der Waals surface area (Å²) in [7, 11) is 0. The second kappa shape index (κ2) is 16.1. The van der Waals surface area contributed by atoms with E-state index in [1.54, 1.807) is 6.26 Å². The lowest BCUT2D eigenvalue weighted by molar-refractivity contribution is 0.272. The molecule has 2 heterocycles. The van der Waals surface area contributed by atoms with Crippen molar-refractivity contribution in [3.63, 3.8) is 0 Å². The topological polar surface area (TPSA) is 44.9 Å². The molecule has 0 bridgehead atoms. The standard InChI is InChI=1S/C19H20N2O.C15H14N2.2C2H6/c1-4-22-13-12-18-19-15(3)6-5-7-17(19)20-21(18)16-10-8-14(2)9-11-16;1-11-6-8-13(9-7-11)17-10-14-12(2)4-3-5-15(14)16-17;2*1-2/h5-13H,4H2,1-3H3;3-10H,1-2H3;2*1-2H3. The number of hydrogen-bond donors (Lipinski definition) is 0. The quantitative estimate of drug-likeness (QED) is 0.192. The van der Waals surface area contributed by atoms with Gasteiger partial charge in [-0.2, -0.15) is 10.2 Å². The third kappa shape index (κ3) is 8.01. The first-order chi connectivity index (χ1) is 20.9. The molecule has 5 nitrogen and oxygen atoms in total. The highest BCUT2D eigenvalue weighted by Crippen LogP contribution is 2.26. The van der Waals surface area contributed by atoms with Crippen LogP contribution in [0.4, 0.5) is 0 Å². The minimum absolute atomic E-state index is 0.659. The Kier molecular flexibility index (Phi) is 12.3. The summed E-state index contributed by atoms with van der Waals surface area (Å²) < 4.78 is 9.30. The van der Waals surface area contributed by atoms with Crippen LogP contribution < -0.4 is 0 Å². The maximum absolute atomic E-state index is 5.38. The van der Waals surface area contributed by atoms with Gasteiger partial charge in [-0.1, -0.05) is 87.4 Å². The van der Waals surface area contributed by atoms with Crippen LogP contribution >= 0.6 is 0 Å². The van der Waals surface area contributed by atoms with Crippen molar-refractivity contribution in [1.29, 1.82) is 0 Å². The largest absolute Gasteiger partial charge is 0.501 e. The van der Waals surface area contributed by atoms with E-state index in [1.165, 1.54) is 33.0 Å². The molecule has 224 valence electrons. The van der Waals surface area contributed by atoms with Gasteiger partial charge in [0.2, 0.25) is 0 Å². The Morgan fingerprint density at radius 3 is 1.79 bits per heavy atom. The summed E-state index contributed by atoms with van der Waals surface area (Å²) in [5.74, 6) is 0. The van der Waals surface area contributed by atoms with Gasteiger partial charge in [0.15, 0.2) is 0 Å². The minimum Gasteiger partial charge on any atom is -0.501 e. The second-order valence-corrected chi connectivity index (χ2v) is 9.78. The van der Waals surface area contributed by atoms with Gasteiger partial charge in [0.1, 0.15) is 0 Å².